The van der Waals surface area contributed by atoms with Crippen molar-refractivity contribution in [3.8, 4) is 5.75 Å². The van der Waals surface area contributed by atoms with E-state index in [-0.39, 0.29) is 21.0 Å². The SMILES string of the molecule is COc1ccc(S(=O)(=O)Nc2ccc(C(=O)Nc3ccc(S(N)(=O)=O)cc3)cc2)cc1. The summed E-state index contributed by atoms with van der Waals surface area (Å²) in [6.45, 7) is 0. The molecule has 0 saturated heterocycles. The number of amides is 1. The number of nitrogens with two attached hydrogens (primary N) is 1. The Labute approximate surface area is 180 Å². The molecule has 1 amide bonds. The fraction of sp³-hybridized carbons (Fsp3) is 0.0500. The van der Waals surface area contributed by atoms with E-state index in [9.17, 15) is 21.6 Å². The van der Waals surface area contributed by atoms with Gasteiger partial charge in [-0.1, -0.05) is 0 Å². The van der Waals surface area contributed by atoms with E-state index < -0.39 is 26.0 Å². The molecule has 0 fully saturated rings. The monoisotopic (exact) mass is 461 g/mol. The van der Waals surface area contributed by atoms with Gasteiger partial charge in [0, 0.05) is 16.9 Å². The molecule has 0 aliphatic heterocycles. The van der Waals surface area contributed by atoms with Crippen LogP contribution in [0, 0.1) is 0 Å². The molecule has 3 aromatic carbocycles. The summed E-state index contributed by atoms with van der Waals surface area (Å²) in [5.74, 6) is 0.0847. The Morgan fingerprint density at radius 2 is 1.29 bits per heavy atom. The Kier molecular flexibility index (Phi) is 6.29. The largest absolute Gasteiger partial charge is 0.497 e. The van der Waals surface area contributed by atoms with Crippen molar-refractivity contribution in [2.45, 2.75) is 9.79 Å². The zero-order valence-corrected chi connectivity index (χ0v) is 17.9. The number of nitrogens with one attached hydrogen (secondary N) is 2. The number of methoxy groups -OCH3 is 1. The first kappa shape index (κ1) is 22.3. The van der Waals surface area contributed by atoms with Gasteiger partial charge in [0.05, 0.1) is 16.9 Å². The first-order chi connectivity index (χ1) is 14.6. The molecule has 162 valence electrons. The summed E-state index contributed by atoms with van der Waals surface area (Å²) in [4.78, 5) is 12.4. The van der Waals surface area contributed by atoms with Gasteiger partial charge in [0.25, 0.3) is 15.9 Å². The van der Waals surface area contributed by atoms with Crippen molar-refractivity contribution in [3.63, 3.8) is 0 Å². The second-order valence-corrected chi connectivity index (χ2v) is 9.63. The Balaban J connectivity index is 1.68. The number of hydrogen-bond donors (Lipinski definition) is 3. The van der Waals surface area contributed by atoms with E-state index in [1.54, 1.807) is 0 Å². The van der Waals surface area contributed by atoms with Gasteiger partial charge < -0.3 is 10.1 Å². The van der Waals surface area contributed by atoms with Crippen LogP contribution in [0.25, 0.3) is 0 Å². The smallest absolute Gasteiger partial charge is 0.261 e. The molecule has 0 unspecified atom stereocenters. The van der Waals surface area contributed by atoms with Gasteiger partial charge in [-0.2, -0.15) is 0 Å². The Bertz CT molecular complexity index is 1290. The summed E-state index contributed by atoms with van der Waals surface area (Å²) in [5, 5.41) is 7.65. The summed E-state index contributed by atoms with van der Waals surface area (Å²) in [7, 11) is -6.14. The summed E-state index contributed by atoms with van der Waals surface area (Å²) >= 11 is 0. The molecule has 3 aromatic rings. The van der Waals surface area contributed by atoms with E-state index in [0.717, 1.165) is 0 Å². The second-order valence-electron chi connectivity index (χ2n) is 6.38. The lowest BCUT2D eigenvalue weighted by Gasteiger charge is -2.10. The average Bonchev–Trinajstić information content (AvgIpc) is 2.74. The van der Waals surface area contributed by atoms with E-state index in [0.29, 0.717) is 11.4 Å². The Hall–Kier alpha value is -3.41. The van der Waals surface area contributed by atoms with Gasteiger partial charge in [-0.15, -0.1) is 0 Å². The van der Waals surface area contributed by atoms with E-state index in [1.165, 1.54) is 79.9 Å². The lowest BCUT2D eigenvalue weighted by atomic mass is 10.2. The highest BCUT2D eigenvalue weighted by Gasteiger charge is 2.15. The summed E-state index contributed by atoms with van der Waals surface area (Å²) in [6.07, 6.45) is 0. The number of primary sulfonamides is 1. The van der Waals surface area contributed by atoms with E-state index >= 15 is 0 Å². The highest BCUT2D eigenvalue weighted by atomic mass is 32.2. The zero-order valence-electron chi connectivity index (χ0n) is 16.3. The van der Waals surface area contributed by atoms with Crippen LogP contribution in [0.4, 0.5) is 11.4 Å². The van der Waals surface area contributed by atoms with Gasteiger partial charge >= 0.3 is 0 Å². The van der Waals surface area contributed by atoms with Crippen LogP contribution in [0.1, 0.15) is 10.4 Å². The quantitative estimate of drug-likeness (QED) is 0.493. The first-order valence-electron chi connectivity index (χ1n) is 8.80. The molecule has 0 heterocycles. The molecule has 0 aliphatic carbocycles. The van der Waals surface area contributed by atoms with Crippen molar-refractivity contribution in [1.29, 1.82) is 0 Å². The minimum atomic E-state index is -3.82. The van der Waals surface area contributed by atoms with Crippen molar-refractivity contribution in [2.24, 2.45) is 5.14 Å². The molecule has 0 aromatic heterocycles. The molecule has 3 rings (SSSR count). The molecule has 4 N–H and O–H groups in total. The van der Waals surface area contributed by atoms with Gasteiger partial charge in [-0.3, -0.25) is 9.52 Å². The number of rotatable bonds is 7. The molecule has 0 bridgehead atoms. The molecule has 0 saturated carbocycles. The van der Waals surface area contributed by atoms with Crippen LogP contribution in [0.3, 0.4) is 0 Å². The number of benzene rings is 3. The average molecular weight is 462 g/mol. The standard InChI is InChI=1S/C20H19N3O6S2/c1-29-17-8-12-19(13-9-17)31(27,28)23-16-4-2-14(3-5-16)20(24)22-15-6-10-18(11-7-15)30(21,25)26/h2-13,23H,1H3,(H,22,24)(H2,21,25,26). The molecule has 0 spiro atoms. The van der Waals surface area contributed by atoms with Crippen molar-refractivity contribution in [3.05, 3.63) is 78.4 Å². The lowest BCUT2D eigenvalue weighted by molar-refractivity contribution is 0.102. The molecule has 11 heteroatoms. The van der Waals surface area contributed by atoms with E-state index in [2.05, 4.69) is 10.0 Å². The number of carbonyl (C=O) groups is 1. The van der Waals surface area contributed by atoms with Gasteiger partial charge in [-0.25, -0.2) is 22.0 Å². The van der Waals surface area contributed by atoms with Crippen LogP contribution in [-0.4, -0.2) is 29.9 Å². The van der Waals surface area contributed by atoms with E-state index in [1.807, 2.05) is 0 Å². The van der Waals surface area contributed by atoms with Crippen LogP contribution in [0.15, 0.2) is 82.6 Å². The van der Waals surface area contributed by atoms with Crippen molar-refractivity contribution >= 4 is 37.3 Å². The summed E-state index contributed by atoms with van der Waals surface area (Å²) < 4.78 is 55.0. The number of sulfonamides is 2. The maximum absolute atomic E-state index is 12.5. The van der Waals surface area contributed by atoms with Crippen molar-refractivity contribution < 1.29 is 26.4 Å². The fourth-order valence-corrected chi connectivity index (χ4v) is 4.16. The number of carbonyl (C=O) groups excluding carboxylic acids is 1. The third-order valence-corrected chi connectivity index (χ3v) is 6.54. The van der Waals surface area contributed by atoms with Crippen LogP contribution >= 0.6 is 0 Å². The van der Waals surface area contributed by atoms with Crippen LogP contribution in [-0.2, 0) is 20.0 Å². The first-order valence-corrected chi connectivity index (χ1v) is 11.8. The van der Waals surface area contributed by atoms with Crippen molar-refractivity contribution in [2.75, 3.05) is 17.1 Å². The molecular formula is C20H19N3O6S2. The Morgan fingerprint density at radius 3 is 1.81 bits per heavy atom. The van der Waals surface area contributed by atoms with Gasteiger partial charge in [0.2, 0.25) is 10.0 Å². The normalized spacial score (nSPS) is 11.5. The predicted molar refractivity (Wildman–Crippen MR) is 116 cm³/mol. The predicted octanol–water partition coefficient (Wildman–Crippen LogP) is 2.40. The number of ether oxygens (including phenoxy) is 1. The maximum Gasteiger partial charge on any atom is 0.261 e. The van der Waals surface area contributed by atoms with E-state index in [4.69, 9.17) is 9.88 Å². The maximum atomic E-state index is 12.5. The van der Waals surface area contributed by atoms with Crippen LogP contribution in [0.2, 0.25) is 0 Å². The summed E-state index contributed by atoms with van der Waals surface area (Å²) in [6, 6.07) is 17.1. The van der Waals surface area contributed by atoms with Crippen LogP contribution in [0.5, 0.6) is 5.75 Å². The molecule has 0 aliphatic rings. The minimum Gasteiger partial charge on any atom is -0.497 e. The summed E-state index contributed by atoms with van der Waals surface area (Å²) in [5.41, 5.74) is 0.939. The van der Waals surface area contributed by atoms with Gasteiger partial charge in [0.1, 0.15) is 5.75 Å². The molecular weight excluding hydrogens is 442 g/mol. The van der Waals surface area contributed by atoms with Crippen LogP contribution < -0.4 is 19.9 Å². The number of hydrogen-bond acceptors (Lipinski definition) is 6. The number of anilines is 2. The lowest BCUT2D eigenvalue weighted by Crippen LogP contribution is -2.15. The minimum absolute atomic E-state index is 0.0676. The van der Waals surface area contributed by atoms with Gasteiger partial charge in [0.15, 0.2) is 0 Å². The molecule has 31 heavy (non-hydrogen) atoms. The topological polar surface area (TPSA) is 145 Å². The second kappa shape index (κ2) is 8.76. The molecule has 9 nitrogen and oxygen atoms in total. The highest BCUT2D eigenvalue weighted by Crippen LogP contribution is 2.20. The third-order valence-electron chi connectivity index (χ3n) is 4.21. The highest BCUT2D eigenvalue weighted by molar-refractivity contribution is 7.92. The fourth-order valence-electron chi connectivity index (χ4n) is 2.59. The molecule has 0 radical (unpaired) electrons. The molecule has 0 atom stereocenters. The zero-order chi connectivity index (χ0) is 22.6. The Morgan fingerprint density at radius 1 is 0.774 bits per heavy atom. The van der Waals surface area contributed by atoms with Crippen molar-refractivity contribution in [1.82, 2.24) is 0 Å². The third kappa shape index (κ3) is 5.60. The van der Waals surface area contributed by atoms with Gasteiger partial charge in [-0.05, 0) is 72.8 Å².